The Morgan fingerprint density at radius 3 is 2.55 bits per heavy atom. The summed E-state index contributed by atoms with van der Waals surface area (Å²) >= 11 is 0. The van der Waals surface area contributed by atoms with Crippen LogP contribution in [0.2, 0.25) is 0 Å². The molecule has 1 fully saturated rings. The highest BCUT2D eigenvalue weighted by molar-refractivity contribution is 5.89. The number of nitrogens with zero attached hydrogens (tertiary/aromatic N) is 3. The molecule has 0 atom stereocenters. The van der Waals surface area contributed by atoms with E-state index in [0.29, 0.717) is 17.7 Å². The van der Waals surface area contributed by atoms with E-state index in [9.17, 15) is 9.59 Å². The third kappa shape index (κ3) is 4.69. The second-order valence-corrected chi connectivity index (χ2v) is 7.35. The fourth-order valence-corrected chi connectivity index (χ4v) is 3.64. The number of benzene rings is 2. The minimum absolute atomic E-state index is 0.201. The minimum Gasteiger partial charge on any atom is -0.465 e. The lowest BCUT2D eigenvalue weighted by Crippen LogP contribution is -2.36. The van der Waals surface area contributed by atoms with E-state index >= 15 is 0 Å². The van der Waals surface area contributed by atoms with Crippen molar-refractivity contribution < 1.29 is 23.8 Å². The number of carbonyl (C=O) groups excluding carboxylic acids is 2. The van der Waals surface area contributed by atoms with Crippen molar-refractivity contribution in [2.45, 2.75) is 12.8 Å². The van der Waals surface area contributed by atoms with E-state index in [1.165, 1.54) is 7.11 Å². The summed E-state index contributed by atoms with van der Waals surface area (Å²) in [5, 5.41) is 0. The summed E-state index contributed by atoms with van der Waals surface area (Å²) in [4.78, 5) is 30.7. The summed E-state index contributed by atoms with van der Waals surface area (Å²) in [6, 6.07) is 12.5. The Morgan fingerprint density at radius 1 is 1.10 bits per heavy atom. The number of carbonyl (C=O) groups is 2. The summed E-state index contributed by atoms with van der Waals surface area (Å²) in [5.41, 5.74) is 3.49. The molecule has 8 nitrogen and oxygen atoms in total. The van der Waals surface area contributed by atoms with Gasteiger partial charge < -0.3 is 23.7 Å². The van der Waals surface area contributed by atoms with Gasteiger partial charge in [0.05, 0.1) is 43.3 Å². The summed E-state index contributed by atoms with van der Waals surface area (Å²) in [6.45, 7) is 3.23. The third-order valence-electron chi connectivity index (χ3n) is 5.39. The van der Waals surface area contributed by atoms with Gasteiger partial charge in [-0.25, -0.2) is 9.78 Å². The number of methoxy groups -OCH3 is 1. The highest BCUT2D eigenvalue weighted by Gasteiger charge is 2.15. The number of hydrogen-bond donors (Lipinski definition) is 0. The van der Waals surface area contributed by atoms with Crippen LogP contribution in [0, 0.1) is 0 Å². The smallest absolute Gasteiger partial charge is 0.337 e. The first-order chi connectivity index (χ1) is 15.0. The molecule has 1 saturated heterocycles. The number of imidazole rings is 1. The Morgan fingerprint density at radius 2 is 1.84 bits per heavy atom. The number of morpholine rings is 1. The van der Waals surface area contributed by atoms with Crippen LogP contribution in [0.15, 0.2) is 42.5 Å². The average molecular weight is 423 g/mol. The number of esters is 2. The number of rotatable bonds is 6. The van der Waals surface area contributed by atoms with Crippen LogP contribution in [0.1, 0.15) is 22.6 Å². The first-order valence-corrected chi connectivity index (χ1v) is 10.2. The Hall–Kier alpha value is -3.39. The molecule has 8 heteroatoms. The van der Waals surface area contributed by atoms with Crippen LogP contribution < -0.4 is 9.64 Å². The number of fused-ring (bicyclic) bond motifs is 1. The van der Waals surface area contributed by atoms with E-state index in [1.807, 2.05) is 17.7 Å². The standard InChI is InChI=1S/C23H25N3O5/c1-25-20-15-17(26-11-13-30-14-12-26)5-8-19(20)24-21(25)9-10-22(27)31-18-6-3-16(4-7-18)23(28)29-2/h3-8,15H,9-14H2,1-2H3. The van der Waals surface area contributed by atoms with Crippen LogP contribution in [0.4, 0.5) is 5.69 Å². The van der Waals surface area contributed by atoms with Gasteiger partial charge in [-0.3, -0.25) is 4.79 Å². The highest BCUT2D eigenvalue weighted by atomic mass is 16.5. The van der Waals surface area contributed by atoms with E-state index in [0.717, 1.165) is 48.8 Å². The lowest BCUT2D eigenvalue weighted by molar-refractivity contribution is -0.134. The SMILES string of the molecule is COC(=O)c1ccc(OC(=O)CCc2nc3ccc(N4CCOCC4)cc3n2C)cc1. The van der Waals surface area contributed by atoms with E-state index < -0.39 is 5.97 Å². The van der Waals surface area contributed by atoms with Gasteiger partial charge in [0.15, 0.2) is 0 Å². The van der Waals surface area contributed by atoms with Crippen molar-refractivity contribution >= 4 is 28.7 Å². The van der Waals surface area contributed by atoms with E-state index in [-0.39, 0.29) is 12.4 Å². The van der Waals surface area contributed by atoms with Gasteiger partial charge in [0, 0.05) is 32.2 Å². The zero-order chi connectivity index (χ0) is 21.8. The van der Waals surface area contributed by atoms with Gasteiger partial charge in [-0.2, -0.15) is 0 Å². The maximum absolute atomic E-state index is 12.3. The van der Waals surface area contributed by atoms with Crippen LogP contribution in [-0.2, 0) is 27.7 Å². The van der Waals surface area contributed by atoms with Crippen molar-refractivity contribution in [1.82, 2.24) is 9.55 Å². The Labute approximate surface area is 180 Å². The molecular formula is C23H25N3O5. The molecule has 2 heterocycles. The van der Waals surface area contributed by atoms with E-state index in [1.54, 1.807) is 24.3 Å². The quantitative estimate of drug-likeness (QED) is 0.445. The lowest BCUT2D eigenvalue weighted by atomic mass is 10.2. The van der Waals surface area contributed by atoms with Crippen LogP contribution >= 0.6 is 0 Å². The van der Waals surface area contributed by atoms with Gasteiger partial charge >= 0.3 is 11.9 Å². The first kappa shape index (κ1) is 20.9. The summed E-state index contributed by atoms with van der Waals surface area (Å²) in [6.07, 6.45) is 0.670. The summed E-state index contributed by atoms with van der Waals surface area (Å²) in [5.74, 6) is 0.424. The van der Waals surface area contributed by atoms with E-state index in [2.05, 4.69) is 26.8 Å². The Balaban J connectivity index is 1.39. The molecule has 0 N–H and O–H groups in total. The average Bonchev–Trinajstić information content (AvgIpc) is 3.13. The third-order valence-corrected chi connectivity index (χ3v) is 5.39. The number of aromatic nitrogens is 2. The zero-order valence-corrected chi connectivity index (χ0v) is 17.7. The molecule has 0 aliphatic carbocycles. The van der Waals surface area contributed by atoms with Crippen molar-refractivity contribution in [3.8, 4) is 5.75 Å². The molecule has 3 aromatic rings. The molecule has 1 aromatic heterocycles. The predicted octanol–water partition coefficient (Wildman–Crippen LogP) is 2.73. The highest BCUT2D eigenvalue weighted by Crippen LogP contribution is 2.24. The van der Waals surface area contributed by atoms with E-state index in [4.69, 9.17) is 9.47 Å². The van der Waals surface area contributed by atoms with Crippen LogP contribution in [-0.4, -0.2) is 54.9 Å². The number of ether oxygens (including phenoxy) is 3. The molecule has 0 bridgehead atoms. The molecule has 4 rings (SSSR count). The summed E-state index contributed by atoms with van der Waals surface area (Å²) < 4.78 is 17.5. The first-order valence-electron chi connectivity index (χ1n) is 10.2. The topological polar surface area (TPSA) is 82.9 Å². The van der Waals surface area contributed by atoms with Crippen molar-refractivity contribution in [2.75, 3.05) is 38.3 Å². The molecule has 0 saturated carbocycles. The number of aryl methyl sites for hydroxylation is 2. The van der Waals surface area contributed by atoms with Crippen LogP contribution in [0.25, 0.3) is 11.0 Å². The maximum Gasteiger partial charge on any atom is 0.337 e. The second-order valence-electron chi connectivity index (χ2n) is 7.35. The molecule has 31 heavy (non-hydrogen) atoms. The van der Waals surface area contributed by atoms with Crippen LogP contribution in [0.5, 0.6) is 5.75 Å². The minimum atomic E-state index is -0.434. The largest absolute Gasteiger partial charge is 0.465 e. The van der Waals surface area contributed by atoms with Crippen molar-refractivity contribution in [3.63, 3.8) is 0 Å². The van der Waals surface area contributed by atoms with Gasteiger partial charge in [-0.05, 0) is 42.5 Å². The van der Waals surface area contributed by atoms with Gasteiger partial charge in [0.1, 0.15) is 11.6 Å². The zero-order valence-electron chi connectivity index (χ0n) is 17.7. The van der Waals surface area contributed by atoms with Crippen molar-refractivity contribution in [1.29, 1.82) is 0 Å². The maximum atomic E-state index is 12.3. The molecule has 0 radical (unpaired) electrons. The van der Waals surface area contributed by atoms with Gasteiger partial charge in [-0.15, -0.1) is 0 Å². The number of anilines is 1. The monoisotopic (exact) mass is 423 g/mol. The molecule has 2 aromatic carbocycles. The van der Waals surface area contributed by atoms with Crippen molar-refractivity contribution in [3.05, 3.63) is 53.9 Å². The molecule has 1 aliphatic rings. The lowest BCUT2D eigenvalue weighted by Gasteiger charge is -2.28. The molecule has 162 valence electrons. The summed E-state index contributed by atoms with van der Waals surface area (Å²) in [7, 11) is 3.28. The Bertz CT molecular complexity index is 1080. The molecule has 0 spiro atoms. The molecular weight excluding hydrogens is 398 g/mol. The van der Waals surface area contributed by atoms with Crippen molar-refractivity contribution in [2.24, 2.45) is 7.05 Å². The Kier molecular flexibility index (Phi) is 6.18. The molecule has 0 amide bonds. The number of hydrogen-bond acceptors (Lipinski definition) is 7. The molecule has 1 aliphatic heterocycles. The molecule has 0 unspecified atom stereocenters. The van der Waals surface area contributed by atoms with Gasteiger partial charge in [0.25, 0.3) is 0 Å². The fourth-order valence-electron chi connectivity index (χ4n) is 3.64. The van der Waals surface area contributed by atoms with Gasteiger partial charge in [0.2, 0.25) is 0 Å². The second kappa shape index (κ2) is 9.18. The predicted molar refractivity (Wildman–Crippen MR) is 115 cm³/mol. The fraction of sp³-hybridized carbons (Fsp3) is 0.348. The van der Waals surface area contributed by atoms with Crippen LogP contribution in [0.3, 0.4) is 0 Å². The van der Waals surface area contributed by atoms with Gasteiger partial charge in [-0.1, -0.05) is 0 Å². The normalized spacial score (nSPS) is 13.9.